The molecule has 0 saturated heterocycles. The monoisotopic (exact) mass is 251 g/mol. The number of aryl methyl sites for hydroxylation is 1. The quantitative estimate of drug-likeness (QED) is 0.724. The van der Waals surface area contributed by atoms with Crippen molar-refractivity contribution in [2.24, 2.45) is 0 Å². The van der Waals surface area contributed by atoms with Crippen molar-refractivity contribution in [2.75, 3.05) is 0 Å². The minimum Gasteiger partial charge on any atom is -0.354 e. The number of aromatic nitrogens is 1. The number of H-pyrrole nitrogens is 1. The summed E-state index contributed by atoms with van der Waals surface area (Å²) in [7, 11) is 0. The highest BCUT2D eigenvalue weighted by atomic mass is 16.1. The summed E-state index contributed by atoms with van der Waals surface area (Å²) in [6.07, 6.45) is 2.55. The van der Waals surface area contributed by atoms with Crippen molar-refractivity contribution in [3.8, 4) is 0 Å². The second-order valence-corrected chi connectivity index (χ2v) is 4.62. The van der Waals surface area contributed by atoms with Crippen molar-refractivity contribution < 1.29 is 9.59 Å². The molecule has 19 heavy (non-hydrogen) atoms. The molecule has 0 amide bonds. The number of fused-ring (bicyclic) bond motifs is 3. The fourth-order valence-electron chi connectivity index (χ4n) is 2.54. The van der Waals surface area contributed by atoms with Crippen molar-refractivity contribution in [1.29, 1.82) is 0 Å². The van der Waals surface area contributed by atoms with Gasteiger partial charge in [-0.25, -0.2) is 0 Å². The third-order valence-electron chi connectivity index (χ3n) is 3.49. The first-order valence-corrected chi connectivity index (χ1v) is 6.25. The maximum Gasteiger partial charge on any atom is 0.150 e. The average molecular weight is 251 g/mol. The van der Waals surface area contributed by atoms with E-state index in [1.165, 1.54) is 0 Å². The van der Waals surface area contributed by atoms with E-state index in [-0.39, 0.29) is 0 Å². The lowest BCUT2D eigenvalue weighted by atomic mass is 10.0. The summed E-state index contributed by atoms with van der Waals surface area (Å²) >= 11 is 0. The van der Waals surface area contributed by atoms with Crippen molar-refractivity contribution in [3.05, 3.63) is 47.0 Å². The molecular formula is C16H13NO2. The van der Waals surface area contributed by atoms with Crippen molar-refractivity contribution in [2.45, 2.75) is 13.3 Å². The summed E-state index contributed by atoms with van der Waals surface area (Å²) in [6, 6.07) is 9.32. The number of rotatable bonds is 3. The Morgan fingerprint density at radius 2 is 1.74 bits per heavy atom. The third kappa shape index (κ3) is 1.74. The molecule has 1 heterocycles. The van der Waals surface area contributed by atoms with Gasteiger partial charge in [0, 0.05) is 32.9 Å². The molecule has 0 unspecified atom stereocenters. The van der Waals surface area contributed by atoms with E-state index in [1.54, 1.807) is 6.07 Å². The molecule has 0 bridgehead atoms. The zero-order valence-corrected chi connectivity index (χ0v) is 10.6. The molecule has 0 spiro atoms. The van der Waals surface area contributed by atoms with Gasteiger partial charge in [0.25, 0.3) is 0 Å². The number of hydrogen-bond donors (Lipinski definition) is 1. The highest BCUT2D eigenvalue weighted by Gasteiger charge is 2.09. The Hall–Kier alpha value is -2.42. The highest BCUT2D eigenvalue weighted by molar-refractivity contribution is 6.10. The smallest absolute Gasteiger partial charge is 0.150 e. The molecule has 0 radical (unpaired) electrons. The fourth-order valence-corrected chi connectivity index (χ4v) is 2.54. The molecule has 0 aliphatic heterocycles. The first-order chi connectivity index (χ1) is 9.26. The van der Waals surface area contributed by atoms with Crippen LogP contribution in [0.25, 0.3) is 21.8 Å². The molecule has 0 aliphatic rings. The largest absolute Gasteiger partial charge is 0.354 e. The van der Waals surface area contributed by atoms with Gasteiger partial charge in [0.1, 0.15) is 12.6 Å². The summed E-state index contributed by atoms with van der Waals surface area (Å²) in [4.78, 5) is 25.3. The minimum absolute atomic E-state index is 0.642. The van der Waals surface area contributed by atoms with E-state index in [0.717, 1.165) is 46.4 Å². The third-order valence-corrected chi connectivity index (χ3v) is 3.49. The van der Waals surface area contributed by atoms with Crippen LogP contribution in [0.2, 0.25) is 0 Å². The van der Waals surface area contributed by atoms with Gasteiger partial charge < -0.3 is 4.98 Å². The Bertz CT molecular complexity index is 799. The van der Waals surface area contributed by atoms with E-state index < -0.39 is 0 Å². The Kier molecular flexibility index (Phi) is 2.67. The van der Waals surface area contributed by atoms with Crippen LogP contribution in [0.4, 0.5) is 0 Å². The molecule has 0 aliphatic carbocycles. The Balaban J connectivity index is 2.47. The lowest BCUT2D eigenvalue weighted by Gasteiger charge is -2.01. The van der Waals surface area contributed by atoms with Gasteiger partial charge in [0.15, 0.2) is 0 Å². The molecule has 3 nitrogen and oxygen atoms in total. The Morgan fingerprint density at radius 1 is 1.00 bits per heavy atom. The van der Waals surface area contributed by atoms with Crippen molar-refractivity contribution in [1.82, 2.24) is 4.98 Å². The van der Waals surface area contributed by atoms with E-state index in [9.17, 15) is 9.59 Å². The SMILES string of the molecule is CCc1cc(C=O)cc2c1[nH]c1ccc(C=O)cc12. The summed E-state index contributed by atoms with van der Waals surface area (Å²) in [5.41, 5.74) is 4.46. The molecule has 3 heteroatoms. The number of benzene rings is 2. The number of carbonyl (C=O) groups is 2. The van der Waals surface area contributed by atoms with Gasteiger partial charge in [0.2, 0.25) is 0 Å². The lowest BCUT2D eigenvalue weighted by molar-refractivity contribution is 0.111. The van der Waals surface area contributed by atoms with Gasteiger partial charge in [-0.3, -0.25) is 9.59 Å². The molecule has 0 atom stereocenters. The molecule has 1 aromatic heterocycles. The van der Waals surface area contributed by atoms with E-state index in [2.05, 4.69) is 11.9 Å². The first kappa shape index (κ1) is 11.7. The standard InChI is InChI=1S/C16H13NO2/c1-2-12-5-11(9-19)7-14-13-6-10(8-18)3-4-15(13)17-16(12)14/h3-9,17H,2H2,1H3. The van der Waals surface area contributed by atoms with E-state index in [0.29, 0.717) is 11.1 Å². The second kappa shape index (κ2) is 4.35. The van der Waals surface area contributed by atoms with Crippen LogP contribution in [0.3, 0.4) is 0 Å². The van der Waals surface area contributed by atoms with Gasteiger partial charge >= 0.3 is 0 Å². The average Bonchev–Trinajstić information content (AvgIpc) is 2.83. The van der Waals surface area contributed by atoms with Crippen LogP contribution < -0.4 is 0 Å². The molecule has 3 aromatic rings. The predicted octanol–water partition coefficient (Wildman–Crippen LogP) is 3.51. The number of aldehydes is 2. The molecule has 2 aromatic carbocycles. The van der Waals surface area contributed by atoms with Crippen molar-refractivity contribution in [3.63, 3.8) is 0 Å². The molecule has 0 fully saturated rings. The van der Waals surface area contributed by atoms with E-state index in [4.69, 9.17) is 0 Å². The number of aromatic amines is 1. The molecule has 3 rings (SSSR count). The maximum atomic E-state index is 11.0. The van der Waals surface area contributed by atoms with Crippen LogP contribution in [0.1, 0.15) is 33.2 Å². The maximum absolute atomic E-state index is 11.0. The summed E-state index contributed by atoms with van der Waals surface area (Å²) in [5, 5.41) is 1.98. The van der Waals surface area contributed by atoms with Crippen LogP contribution in [-0.4, -0.2) is 17.6 Å². The first-order valence-electron chi connectivity index (χ1n) is 6.25. The van der Waals surface area contributed by atoms with E-state index in [1.807, 2.05) is 24.3 Å². The molecule has 0 saturated carbocycles. The molecule has 1 N–H and O–H groups in total. The number of carbonyl (C=O) groups excluding carboxylic acids is 2. The van der Waals surface area contributed by atoms with Crippen molar-refractivity contribution >= 4 is 34.4 Å². The zero-order valence-electron chi connectivity index (χ0n) is 10.6. The fraction of sp³-hybridized carbons (Fsp3) is 0.125. The van der Waals surface area contributed by atoms with Gasteiger partial charge in [-0.1, -0.05) is 6.92 Å². The van der Waals surface area contributed by atoms with Crippen LogP contribution in [0.15, 0.2) is 30.3 Å². The highest BCUT2D eigenvalue weighted by Crippen LogP contribution is 2.29. The van der Waals surface area contributed by atoms with Gasteiger partial charge in [-0.05, 0) is 42.3 Å². The molecule has 94 valence electrons. The van der Waals surface area contributed by atoms with Crippen LogP contribution in [0.5, 0.6) is 0 Å². The van der Waals surface area contributed by atoms with Crippen LogP contribution in [0, 0.1) is 0 Å². The van der Waals surface area contributed by atoms with Gasteiger partial charge in [-0.2, -0.15) is 0 Å². The lowest BCUT2D eigenvalue weighted by Crippen LogP contribution is -1.87. The van der Waals surface area contributed by atoms with Crippen LogP contribution in [-0.2, 0) is 6.42 Å². The van der Waals surface area contributed by atoms with Gasteiger partial charge in [0.05, 0.1) is 0 Å². The number of nitrogens with one attached hydrogen (secondary N) is 1. The predicted molar refractivity (Wildman–Crippen MR) is 76.0 cm³/mol. The van der Waals surface area contributed by atoms with Gasteiger partial charge in [-0.15, -0.1) is 0 Å². The summed E-state index contributed by atoms with van der Waals surface area (Å²) in [5.74, 6) is 0. The van der Waals surface area contributed by atoms with E-state index >= 15 is 0 Å². The second-order valence-electron chi connectivity index (χ2n) is 4.62. The Morgan fingerprint density at radius 3 is 2.42 bits per heavy atom. The Labute approximate surface area is 110 Å². The summed E-state index contributed by atoms with van der Waals surface area (Å²) in [6.45, 7) is 2.06. The number of hydrogen-bond acceptors (Lipinski definition) is 2. The molecular weight excluding hydrogens is 238 g/mol. The van der Waals surface area contributed by atoms with Crippen LogP contribution >= 0.6 is 0 Å². The summed E-state index contributed by atoms with van der Waals surface area (Å²) < 4.78 is 0. The topological polar surface area (TPSA) is 49.9 Å². The minimum atomic E-state index is 0.642. The normalized spacial score (nSPS) is 11.0. The zero-order chi connectivity index (χ0) is 13.4.